The Morgan fingerprint density at radius 2 is 1.26 bits per heavy atom. The number of hydrogen-bond donors (Lipinski definition) is 0. The van der Waals surface area contributed by atoms with Gasteiger partial charge in [0.1, 0.15) is 0 Å². The summed E-state index contributed by atoms with van der Waals surface area (Å²) in [5, 5.41) is 31.8. The summed E-state index contributed by atoms with van der Waals surface area (Å²) in [6.45, 7) is 0. The van der Waals surface area contributed by atoms with Gasteiger partial charge in [0.15, 0.2) is 0 Å². The topological polar surface area (TPSA) is 164 Å². The van der Waals surface area contributed by atoms with Gasteiger partial charge in [-0.15, -0.1) is 0 Å². The zero-order chi connectivity index (χ0) is 15.0. The smallest absolute Gasteiger partial charge is 0.258 e. The van der Waals surface area contributed by atoms with Gasteiger partial charge in [-0.25, -0.2) is 8.42 Å². The molecule has 0 saturated heterocycles. The van der Waals surface area contributed by atoms with Crippen molar-refractivity contribution in [2.45, 2.75) is 4.90 Å². The molecule has 0 atom stereocenters. The largest absolute Gasteiger partial charge is 0.303 e. The van der Waals surface area contributed by atoms with E-state index in [-0.39, 0.29) is 12.1 Å². The van der Waals surface area contributed by atoms with E-state index < -0.39 is 45.8 Å². The molecule has 11 nitrogen and oxygen atoms in total. The van der Waals surface area contributed by atoms with Crippen molar-refractivity contribution in [2.75, 3.05) is 0 Å². The molecule has 0 aliphatic heterocycles. The van der Waals surface area contributed by atoms with Crippen LogP contribution in [0.5, 0.6) is 0 Å². The molecule has 0 N–H and O–H groups in total. The minimum Gasteiger partial charge on any atom is -0.258 e. The van der Waals surface area contributed by atoms with Gasteiger partial charge in [0, 0.05) is 10.7 Å². The first-order chi connectivity index (χ1) is 8.55. The first kappa shape index (κ1) is 14.7. The van der Waals surface area contributed by atoms with Crippen LogP contribution < -0.4 is 0 Å². The Kier molecular flexibility index (Phi) is 3.67. The zero-order valence-corrected chi connectivity index (χ0v) is 10.1. The summed E-state index contributed by atoms with van der Waals surface area (Å²) in [4.78, 5) is 26.7. The van der Waals surface area contributed by atoms with Crippen LogP contribution in [0.25, 0.3) is 0 Å². The second-order valence-electron chi connectivity index (χ2n) is 3.02. The Bertz CT molecular complexity index is 663. The van der Waals surface area contributed by atoms with Crippen LogP contribution in [0.15, 0.2) is 17.0 Å². The maximum atomic E-state index is 11.2. The molecule has 0 heterocycles. The van der Waals surface area contributed by atoms with E-state index in [1.807, 2.05) is 0 Å². The van der Waals surface area contributed by atoms with Gasteiger partial charge in [-0.3, -0.25) is 30.3 Å². The number of nitro benzene ring substituents is 3. The number of nitro groups is 3. The average molecular weight is 312 g/mol. The van der Waals surface area contributed by atoms with E-state index in [0.29, 0.717) is 0 Å². The lowest BCUT2D eigenvalue weighted by Gasteiger charge is -2.01. The molecule has 13 heteroatoms. The number of halogens is 1. The standard InChI is InChI=1S/C6H2ClN3O8S/c7-19(17,18)6-4(9(13)14)1-3(8(11)12)2-5(6)10(15)16/h1-2H. The second kappa shape index (κ2) is 4.74. The fraction of sp³-hybridized carbons (Fsp3) is 0. The maximum absolute atomic E-state index is 11.2. The van der Waals surface area contributed by atoms with E-state index in [2.05, 4.69) is 0 Å². The highest BCUT2D eigenvalue weighted by molar-refractivity contribution is 8.14. The number of hydrogen-bond acceptors (Lipinski definition) is 8. The van der Waals surface area contributed by atoms with E-state index >= 15 is 0 Å². The van der Waals surface area contributed by atoms with Crippen molar-refractivity contribution in [2.24, 2.45) is 0 Å². The van der Waals surface area contributed by atoms with Gasteiger partial charge in [0.2, 0.25) is 4.90 Å². The average Bonchev–Trinajstić information content (AvgIpc) is 2.25. The molecule has 0 spiro atoms. The Labute approximate surface area is 108 Å². The summed E-state index contributed by atoms with van der Waals surface area (Å²) in [6.07, 6.45) is 0. The molecule has 0 saturated carbocycles. The fourth-order valence-electron chi connectivity index (χ4n) is 1.21. The summed E-state index contributed by atoms with van der Waals surface area (Å²) in [7, 11) is 0.0521. The van der Waals surface area contributed by atoms with Crippen molar-refractivity contribution in [1.29, 1.82) is 0 Å². The molecule has 102 valence electrons. The van der Waals surface area contributed by atoms with Crippen molar-refractivity contribution < 1.29 is 23.2 Å². The first-order valence-electron chi connectivity index (χ1n) is 4.11. The molecule has 19 heavy (non-hydrogen) atoms. The van der Waals surface area contributed by atoms with E-state index in [0.717, 1.165) is 0 Å². The Balaban J connectivity index is 3.93. The van der Waals surface area contributed by atoms with Crippen molar-refractivity contribution >= 4 is 36.8 Å². The number of rotatable bonds is 4. The molecule has 1 rings (SSSR count). The van der Waals surface area contributed by atoms with Crippen LogP contribution in [0.4, 0.5) is 17.1 Å². The molecule has 0 amide bonds. The van der Waals surface area contributed by atoms with Crippen LogP contribution in [-0.4, -0.2) is 23.2 Å². The van der Waals surface area contributed by atoms with Crippen LogP contribution in [-0.2, 0) is 9.05 Å². The fourth-order valence-corrected chi connectivity index (χ4v) is 2.45. The molecule has 0 aliphatic rings. The molecule has 0 aliphatic carbocycles. The highest BCUT2D eigenvalue weighted by Crippen LogP contribution is 2.38. The number of non-ortho nitro benzene ring substituents is 1. The van der Waals surface area contributed by atoms with Gasteiger partial charge in [0.25, 0.3) is 14.7 Å². The highest BCUT2D eigenvalue weighted by Gasteiger charge is 2.37. The lowest BCUT2D eigenvalue weighted by molar-refractivity contribution is -0.407. The predicted molar refractivity (Wildman–Crippen MR) is 59.4 cm³/mol. The van der Waals surface area contributed by atoms with Crippen LogP contribution in [0.2, 0.25) is 0 Å². The summed E-state index contributed by atoms with van der Waals surface area (Å²) >= 11 is 0. The minimum atomic E-state index is -4.83. The monoisotopic (exact) mass is 311 g/mol. The van der Waals surface area contributed by atoms with Crippen molar-refractivity contribution in [1.82, 2.24) is 0 Å². The molecule has 0 fully saturated rings. The third-order valence-corrected chi connectivity index (χ3v) is 3.25. The predicted octanol–water partition coefficient (Wildman–Crippen LogP) is 1.34. The lowest BCUT2D eigenvalue weighted by Crippen LogP contribution is -2.05. The van der Waals surface area contributed by atoms with E-state index in [1.165, 1.54) is 0 Å². The van der Waals surface area contributed by atoms with Gasteiger partial charge in [0.05, 0.1) is 26.9 Å². The van der Waals surface area contributed by atoms with Crippen LogP contribution >= 0.6 is 10.7 Å². The Morgan fingerprint density at radius 3 is 1.47 bits per heavy atom. The van der Waals surface area contributed by atoms with Crippen LogP contribution in [0.1, 0.15) is 0 Å². The van der Waals surface area contributed by atoms with E-state index in [9.17, 15) is 38.8 Å². The lowest BCUT2D eigenvalue weighted by atomic mass is 10.2. The Morgan fingerprint density at radius 1 is 0.895 bits per heavy atom. The van der Waals surface area contributed by atoms with Crippen molar-refractivity contribution in [3.63, 3.8) is 0 Å². The maximum Gasteiger partial charge on any atom is 0.303 e. The van der Waals surface area contributed by atoms with Crippen LogP contribution in [0.3, 0.4) is 0 Å². The summed E-state index contributed by atoms with van der Waals surface area (Å²) < 4.78 is 22.3. The molecule has 0 bridgehead atoms. The minimum absolute atomic E-state index is 0.280. The first-order valence-corrected chi connectivity index (χ1v) is 6.42. The third kappa shape index (κ3) is 2.92. The highest BCUT2D eigenvalue weighted by atomic mass is 35.7. The quantitative estimate of drug-likeness (QED) is 0.456. The van der Waals surface area contributed by atoms with Crippen molar-refractivity contribution in [3.05, 3.63) is 42.5 Å². The number of benzene rings is 1. The molecule has 1 aromatic carbocycles. The van der Waals surface area contributed by atoms with Gasteiger partial charge in [-0.05, 0) is 0 Å². The van der Waals surface area contributed by atoms with Gasteiger partial charge < -0.3 is 0 Å². The molecule has 0 unspecified atom stereocenters. The normalized spacial score (nSPS) is 11.0. The summed E-state index contributed by atoms with van der Waals surface area (Å²) in [5.74, 6) is 0. The molecule has 0 radical (unpaired) electrons. The summed E-state index contributed by atoms with van der Waals surface area (Å²) in [5.41, 5.74) is -3.67. The Hall–Kier alpha value is -2.34. The molecular weight excluding hydrogens is 310 g/mol. The SMILES string of the molecule is O=[N+]([O-])c1cc([N+](=O)[O-])c(S(=O)(=O)Cl)c([N+](=O)[O-])c1. The van der Waals surface area contributed by atoms with Gasteiger partial charge in [-0.2, -0.15) is 0 Å². The van der Waals surface area contributed by atoms with Crippen LogP contribution in [0, 0.1) is 30.3 Å². The van der Waals surface area contributed by atoms with E-state index in [4.69, 9.17) is 10.7 Å². The second-order valence-corrected chi connectivity index (χ2v) is 5.53. The van der Waals surface area contributed by atoms with Crippen molar-refractivity contribution in [3.8, 4) is 0 Å². The zero-order valence-electron chi connectivity index (χ0n) is 8.55. The van der Waals surface area contributed by atoms with Gasteiger partial charge in [-0.1, -0.05) is 0 Å². The molecular formula is C6H2ClN3O8S. The number of nitrogens with zero attached hydrogens (tertiary/aromatic N) is 3. The summed E-state index contributed by atoms with van der Waals surface area (Å²) in [6, 6.07) is 0.560. The molecule has 0 aromatic heterocycles. The third-order valence-electron chi connectivity index (χ3n) is 1.88. The van der Waals surface area contributed by atoms with Gasteiger partial charge >= 0.3 is 11.4 Å². The molecule has 1 aromatic rings. The van der Waals surface area contributed by atoms with E-state index in [1.54, 1.807) is 0 Å².